The first-order valence-corrected chi connectivity index (χ1v) is 8.14. The van der Waals surface area contributed by atoms with E-state index >= 15 is 0 Å². The van der Waals surface area contributed by atoms with Gasteiger partial charge in [-0.25, -0.2) is 0 Å². The van der Waals surface area contributed by atoms with Gasteiger partial charge in [0.1, 0.15) is 0 Å². The van der Waals surface area contributed by atoms with Gasteiger partial charge in [0.2, 0.25) is 6.69 Å². The highest BCUT2D eigenvalue weighted by Gasteiger charge is 2.23. The summed E-state index contributed by atoms with van der Waals surface area (Å²) in [5, 5.41) is 0.164. The molecule has 56 valence electrons. The molecule has 0 saturated heterocycles. The van der Waals surface area contributed by atoms with Gasteiger partial charge in [-0.15, -0.1) is 33.8 Å². The minimum Gasteiger partial charge on any atom is -0.146 e. The molecule has 0 nitrogen and oxygen atoms in total. The molecule has 0 aromatic carbocycles. The Balaban J connectivity index is 3.47. The minimum absolute atomic E-state index is 0.164. The highest BCUT2D eigenvalue weighted by Crippen LogP contribution is 2.25. The maximum atomic E-state index is 5.83. The van der Waals surface area contributed by atoms with Gasteiger partial charge in [-0.1, -0.05) is 6.92 Å². The predicted molar refractivity (Wildman–Crippen MR) is 48.1 cm³/mol. The quantitative estimate of drug-likeness (QED) is 0.376. The topological polar surface area (TPSA) is 0 Å². The predicted octanol–water partition coefficient (Wildman–Crippen LogP) is 3.55. The summed E-state index contributed by atoms with van der Waals surface area (Å²) in [5.74, 6) is 0. The average molecular weight is 206 g/mol. The fraction of sp³-hybridized carbons (Fsp3) is 1.00. The van der Waals surface area contributed by atoms with Gasteiger partial charge >= 0.3 is 0 Å². The van der Waals surface area contributed by atoms with Crippen molar-refractivity contribution in [1.82, 2.24) is 0 Å². The highest BCUT2D eigenvalue weighted by molar-refractivity contribution is 7.45. The molecule has 0 aliphatic heterocycles. The average Bonchev–Trinajstić information content (AvgIpc) is 1.62. The van der Waals surface area contributed by atoms with E-state index in [1.807, 2.05) is 13.5 Å². The Morgan fingerprint density at radius 3 is 2.00 bits per heavy atom. The molecule has 0 N–H and O–H groups in total. The maximum absolute atomic E-state index is 5.83. The monoisotopic (exact) mass is 204 g/mol. The van der Waals surface area contributed by atoms with Gasteiger partial charge in [0.05, 0.1) is 0 Å². The lowest BCUT2D eigenvalue weighted by Crippen LogP contribution is -2.17. The summed E-state index contributed by atoms with van der Waals surface area (Å²) >= 11 is 17.5. The van der Waals surface area contributed by atoms with Crippen molar-refractivity contribution in [3.05, 3.63) is 0 Å². The molecule has 0 aromatic rings. The van der Waals surface area contributed by atoms with Crippen molar-refractivity contribution >= 4 is 40.5 Å². The van der Waals surface area contributed by atoms with Crippen molar-refractivity contribution in [3.63, 3.8) is 0 Å². The van der Waals surface area contributed by atoms with Gasteiger partial charge in [-0.3, -0.25) is 0 Å². The van der Waals surface area contributed by atoms with Gasteiger partial charge in [0.15, 0.2) is 0 Å². The van der Waals surface area contributed by atoms with E-state index < -0.39 is 6.69 Å². The fourth-order valence-corrected chi connectivity index (χ4v) is 4.12. The summed E-state index contributed by atoms with van der Waals surface area (Å²) in [6.07, 6.45) is 0.948. The zero-order valence-electron chi connectivity index (χ0n) is 5.63. The lowest BCUT2D eigenvalue weighted by atomic mass is 10.4. The first-order valence-electron chi connectivity index (χ1n) is 2.97. The molecule has 0 rings (SSSR count). The standard InChI is InChI=1S/C5H11Cl3Si/c1-3-5(6)4-9(2,7)8/h5H,3-4H2,1-2H3. The summed E-state index contributed by atoms with van der Waals surface area (Å²) in [7, 11) is 0. The third kappa shape index (κ3) is 6.98. The molecule has 0 fully saturated rings. The van der Waals surface area contributed by atoms with E-state index in [1.165, 1.54) is 0 Å². The van der Waals surface area contributed by atoms with Crippen LogP contribution in [0.1, 0.15) is 13.3 Å². The van der Waals surface area contributed by atoms with Gasteiger partial charge < -0.3 is 0 Å². The second-order valence-corrected chi connectivity index (χ2v) is 11.0. The van der Waals surface area contributed by atoms with E-state index in [-0.39, 0.29) is 5.38 Å². The number of hydrogen-bond acceptors (Lipinski definition) is 0. The molecule has 0 aliphatic carbocycles. The number of hydrogen-bond donors (Lipinski definition) is 0. The molecule has 1 unspecified atom stereocenters. The van der Waals surface area contributed by atoms with Crippen LogP contribution in [0.15, 0.2) is 0 Å². The van der Waals surface area contributed by atoms with Crippen LogP contribution >= 0.6 is 33.8 Å². The summed E-state index contributed by atoms with van der Waals surface area (Å²) < 4.78 is 0. The molecule has 0 spiro atoms. The van der Waals surface area contributed by atoms with Crippen molar-refractivity contribution in [2.24, 2.45) is 0 Å². The minimum atomic E-state index is -1.93. The van der Waals surface area contributed by atoms with E-state index in [1.54, 1.807) is 0 Å². The first kappa shape index (κ1) is 10.1. The lowest BCUT2D eigenvalue weighted by Gasteiger charge is -2.12. The number of alkyl halides is 1. The molecular weight excluding hydrogens is 194 g/mol. The molecule has 0 radical (unpaired) electrons. The van der Waals surface area contributed by atoms with Gasteiger partial charge in [-0.05, 0) is 19.0 Å². The SMILES string of the molecule is CCC(Cl)C[Si](C)(Cl)Cl. The van der Waals surface area contributed by atoms with Gasteiger partial charge in [0, 0.05) is 5.38 Å². The van der Waals surface area contributed by atoms with E-state index in [4.69, 9.17) is 33.8 Å². The fourth-order valence-electron chi connectivity index (χ4n) is 0.533. The number of halogens is 3. The van der Waals surface area contributed by atoms with Crippen molar-refractivity contribution < 1.29 is 0 Å². The normalized spacial score (nSPS) is 15.7. The third-order valence-electron chi connectivity index (χ3n) is 1.02. The number of rotatable bonds is 3. The lowest BCUT2D eigenvalue weighted by molar-refractivity contribution is 0.886. The second kappa shape index (κ2) is 4.07. The maximum Gasteiger partial charge on any atom is 0.249 e. The first-order chi connectivity index (χ1) is 3.95. The molecule has 9 heavy (non-hydrogen) atoms. The van der Waals surface area contributed by atoms with Crippen molar-refractivity contribution in [2.75, 3.05) is 0 Å². The zero-order valence-corrected chi connectivity index (χ0v) is 8.89. The Hall–Kier alpha value is 1.09. The Kier molecular flexibility index (Phi) is 4.56. The summed E-state index contributed by atoms with van der Waals surface area (Å²) in [4.78, 5) is 0. The summed E-state index contributed by atoms with van der Waals surface area (Å²) in [6.45, 7) is 1.99. The van der Waals surface area contributed by atoms with Crippen molar-refractivity contribution in [1.29, 1.82) is 0 Å². The third-order valence-corrected chi connectivity index (χ3v) is 3.88. The van der Waals surface area contributed by atoms with E-state index in [0.29, 0.717) is 0 Å². The van der Waals surface area contributed by atoms with Gasteiger partial charge in [0.25, 0.3) is 0 Å². The van der Waals surface area contributed by atoms with Gasteiger partial charge in [-0.2, -0.15) is 0 Å². The van der Waals surface area contributed by atoms with Crippen molar-refractivity contribution in [3.8, 4) is 0 Å². The Labute approximate surface area is 71.9 Å². The molecular formula is C5H11Cl3Si. The van der Waals surface area contributed by atoms with Crippen LogP contribution in [-0.4, -0.2) is 12.1 Å². The summed E-state index contributed by atoms with van der Waals surface area (Å²) in [5.41, 5.74) is 0. The van der Waals surface area contributed by atoms with E-state index in [2.05, 4.69) is 0 Å². The molecule has 0 aliphatic rings. The van der Waals surface area contributed by atoms with E-state index in [9.17, 15) is 0 Å². The van der Waals surface area contributed by atoms with Crippen molar-refractivity contribution in [2.45, 2.75) is 31.3 Å². The molecule has 0 heterocycles. The molecule has 1 atom stereocenters. The summed E-state index contributed by atoms with van der Waals surface area (Å²) in [6, 6.07) is 0.786. The Bertz CT molecular complexity index is 78.8. The van der Waals surface area contributed by atoms with Crippen LogP contribution in [0.4, 0.5) is 0 Å². The molecule has 0 amide bonds. The van der Waals surface area contributed by atoms with Crippen LogP contribution in [0.5, 0.6) is 0 Å². The van der Waals surface area contributed by atoms with Crippen LogP contribution in [0.2, 0.25) is 12.6 Å². The highest BCUT2D eigenvalue weighted by atomic mass is 35.7. The molecule has 0 saturated carbocycles. The van der Waals surface area contributed by atoms with Crippen LogP contribution in [0.3, 0.4) is 0 Å². The Morgan fingerprint density at radius 1 is 1.44 bits per heavy atom. The second-order valence-electron chi connectivity index (χ2n) is 2.28. The Morgan fingerprint density at radius 2 is 1.89 bits per heavy atom. The van der Waals surface area contributed by atoms with Crippen LogP contribution < -0.4 is 0 Å². The van der Waals surface area contributed by atoms with Crippen LogP contribution in [-0.2, 0) is 0 Å². The van der Waals surface area contributed by atoms with E-state index in [0.717, 1.165) is 12.5 Å². The molecule has 0 aromatic heterocycles. The largest absolute Gasteiger partial charge is 0.249 e. The molecule has 0 bridgehead atoms. The molecule has 4 heteroatoms. The van der Waals surface area contributed by atoms with Crippen LogP contribution in [0, 0.1) is 0 Å². The smallest absolute Gasteiger partial charge is 0.146 e. The zero-order chi connectivity index (χ0) is 7.49. The van der Waals surface area contributed by atoms with Crippen LogP contribution in [0.25, 0.3) is 0 Å².